The van der Waals surface area contributed by atoms with E-state index in [-0.39, 0.29) is 17.3 Å². The Balaban J connectivity index is 1.80. The Morgan fingerprint density at radius 3 is 1.78 bits per heavy atom. The maximum atomic E-state index is 14.5. The number of hydrogen-bond donors (Lipinski definition) is 0. The Kier molecular flexibility index (Phi) is 11.9. The van der Waals surface area contributed by atoms with Crippen molar-refractivity contribution in [3.05, 3.63) is 65.5 Å². The van der Waals surface area contributed by atoms with Crippen LogP contribution in [0.4, 0.5) is 57.1 Å². The Morgan fingerprint density at radius 1 is 0.755 bits per heavy atom. The molecule has 0 radical (unpaired) electrons. The quantitative estimate of drug-likeness (QED) is 0.179. The molecule has 15 heteroatoms. The Bertz CT molecular complexity index is 1370. The van der Waals surface area contributed by atoms with Crippen molar-refractivity contribution in [1.29, 1.82) is 0 Å². The first kappa shape index (κ1) is 41.2. The van der Waals surface area contributed by atoms with Crippen molar-refractivity contribution < 1.29 is 57.1 Å². The number of rotatable bonds is 14. The van der Waals surface area contributed by atoms with Crippen LogP contribution in [0.25, 0.3) is 0 Å². The Labute approximate surface area is 281 Å². The normalized spacial score (nSPS) is 20.4. The zero-order valence-corrected chi connectivity index (χ0v) is 28.4. The molecular formula is C34H40F13NS. The van der Waals surface area contributed by atoms with Gasteiger partial charge in [-0.2, -0.15) is 68.8 Å². The molecule has 0 saturated carbocycles. The van der Waals surface area contributed by atoms with Gasteiger partial charge in [0.05, 0.1) is 0 Å². The monoisotopic (exact) mass is 741 g/mol. The van der Waals surface area contributed by atoms with Crippen LogP contribution in [0.1, 0.15) is 107 Å². The van der Waals surface area contributed by atoms with Crippen LogP contribution in [0, 0.1) is 10.8 Å². The number of nitrogens with zero attached hydrogens (tertiary/aromatic N) is 1. The lowest BCUT2D eigenvalue weighted by atomic mass is 9.66. The first-order valence-electron chi connectivity index (χ1n) is 15.7. The van der Waals surface area contributed by atoms with Gasteiger partial charge in [-0.05, 0) is 82.9 Å². The van der Waals surface area contributed by atoms with Crippen molar-refractivity contribution in [3.63, 3.8) is 0 Å². The molecule has 3 atom stereocenters. The lowest BCUT2D eigenvalue weighted by Crippen LogP contribution is -2.70. The molecule has 0 aliphatic heterocycles. The van der Waals surface area contributed by atoms with Gasteiger partial charge >= 0.3 is 35.8 Å². The van der Waals surface area contributed by atoms with E-state index in [4.69, 9.17) is 0 Å². The number of thioether (sulfide) groups is 1. The van der Waals surface area contributed by atoms with Crippen LogP contribution in [-0.2, 0) is 0 Å². The summed E-state index contributed by atoms with van der Waals surface area (Å²) in [6.45, 7) is 10.6. The molecule has 278 valence electrons. The van der Waals surface area contributed by atoms with Crippen molar-refractivity contribution in [1.82, 2.24) is 4.98 Å². The van der Waals surface area contributed by atoms with Gasteiger partial charge in [-0.25, -0.2) is 0 Å². The molecule has 1 aromatic carbocycles. The van der Waals surface area contributed by atoms with Crippen LogP contribution in [-0.4, -0.2) is 46.5 Å². The second-order valence-corrected chi connectivity index (χ2v) is 15.6. The van der Waals surface area contributed by atoms with Crippen LogP contribution in [0.3, 0.4) is 0 Å². The van der Waals surface area contributed by atoms with E-state index in [1.165, 1.54) is 0 Å². The third-order valence-corrected chi connectivity index (χ3v) is 11.2. The number of fused-ring (bicyclic) bond motifs is 6. The summed E-state index contributed by atoms with van der Waals surface area (Å²) in [5.41, 5.74) is 2.37. The van der Waals surface area contributed by atoms with E-state index < -0.39 is 58.6 Å². The molecule has 2 aromatic rings. The minimum Gasteiger partial charge on any atom is -0.265 e. The Hall–Kier alpha value is -2.19. The number of alkyl halides is 13. The van der Waals surface area contributed by atoms with Gasteiger partial charge in [0.1, 0.15) is 0 Å². The predicted octanol–water partition coefficient (Wildman–Crippen LogP) is 12.9. The molecule has 1 aromatic heterocycles. The standard InChI is InChI=1S/C34H40F13NS/c1-6-27(2,3)20-24(21-12-16-48-17-13-21)19-25-22-7-9-23(10-8-22)26(11-14-28(25,4)5)49-18-15-29(35,36)30(37,38)31(39,40)32(41,42)33(43,44)34(45,46)47/h7-10,12-13,16-17,24-26H,6,11,14-15,18-20H2,1-5H3. The van der Waals surface area contributed by atoms with Crippen LogP contribution in [0.15, 0.2) is 48.8 Å². The summed E-state index contributed by atoms with van der Waals surface area (Å²) >= 11 is 0.651. The van der Waals surface area contributed by atoms with Gasteiger partial charge in [0.25, 0.3) is 0 Å². The average Bonchev–Trinajstić information content (AvgIpc) is 3.07. The van der Waals surface area contributed by atoms with Gasteiger partial charge in [-0.1, -0.05) is 65.3 Å². The molecule has 0 spiro atoms. The van der Waals surface area contributed by atoms with E-state index in [1.807, 2.05) is 38.1 Å². The number of pyridine rings is 1. The molecule has 2 aliphatic rings. The fraction of sp³-hybridized carbons (Fsp3) is 0.676. The highest BCUT2D eigenvalue weighted by Gasteiger charge is 2.90. The van der Waals surface area contributed by atoms with Gasteiger partial charge in [-0.3, -0.25) is 4.98 Å². The molecule has 49 heavy (non-hydrogen) atoms. The highest BCUT2D eigenvalue weighted by atomic mass is 32.2. The lowest BCUT2D eigenvalue weighted by Gasteiger charge is -2.40. The van der Waals surface area contributed by atoms with Gasteiger partial charge < -0.3 is 0 Å². The molecule has 1 nitrogen and oxygen atoms in total. The van der Waals surface area contributed by atoms with E-state index in [0.29, 0.717) is 30.2 Å². The molecule has 0 amide bonds. The van der Waals surface area contributed by atoms with E-state index in [1.54, 1.807) is 24.5 Å². The number of hydrogen-bond acceptors (Lipinski definition) is 2. The van der Waals surface area contributed by atoms with Crippen molar-refractivity contribution in [2.45, 2.75) is 126 Å². The van der Waals surface area contributed by atoms with Gasteiger partial charge in [0.2, 0.25) is 0 Å². The van der Waals surface area contributed by atoms with E-state index in [2.05, 4.69) is 25.8 Å². The lowest BCUT2D eigenvalue weighted by molar-refractivity contribution is -0.439. The average molecular weight is 742 g/mol. The summed E-state index contributed by atoms with van der Waals surface area (Å²) in [5, 5.41) is -0.636. The molecule has 0 saturated heterocycles. The summed E-state index contributed by atoms with van der Waals surface area (Å²) in [4.78, 5) is 4.14. The molecule has 2 aliphatic carbocycles. The first-order valence-corrected chi connectivity index (χ1v) is 16.8. The SMILES string of the molecule is CCC(C)(C)CC(CC1c2ccc(cc2)C(SCCC(F)(F)C(F)(F)C(F)(F)C(F)(F)C(F)(F)C(F)(F)F)CCC1(C)C)c1ccncc1. The summed E-state index contributed by atoms with van der Waals surface area (Å²) in [5.74, 6) is -37.6. The molecule has 0 fully saturated rings. The summed E-state index contributed by atoms with van der Waals surface area (Å²) in [7, 11) is 0. The summed E-state index contributed by atoms with van der Waals surface area (Å²) < 4.78 is 176. The number of halogens is 13. The first-order chi connectivity index (χ1) is 22.2. The molecule has 0 N–H and O–H groups in total. The second-order valence-electron chi connectivity index (χ2n) is 14.3. The Morgan fingerprint density at radius 2 is 1.27 bits per heavy atom. The molecule has 3 unspecified atom stereocenters. The maximum absolute atomic E-state index is 14.5. The fourth-order valence-electron chi connectivity index (χ4n) is 6.23. The smallest absolute Gasteiger partial charge is 0.265 e. The largest absolute Gasteiger partial charge is 0.460 e. The minimum atomic E-state index is -7.89. The van der Waals surface area contributed by atoms with Crippen LogP contribution >= 0.6 is 11.8 Å². The minimum absolute atomic E-state index is 0.0119. The number of aromatic nitrogens is 1. The van der Waals surface area contributed by atoms with Gasteiger partial charge in [0, 0.05) is 24.1 Å². The molecule has 1 heterocycles. The summed E-state index contributed by atoms with van der Waals surface area (Å²) in [6.07, 6.45) is -2.75. The third kappa shape index (κ3) is 8.16. The number of benzene rings is 1. The molecule has 4 rings (SSSR count). The van der Waals surface area contributed by atoms with Crippen molar-refractivity contribution in [3.8, 4) is 0 Å². The van der Waals surface area contributed by atoms with Crippen LogP contribution in [0.2, 0.25) is 0 Å². The molecular weight excluding hydrogens is 701 g/mol. The highest BCUT2D eigenvalue weighted by Crippen LogP contribution is 2.61. The highest BCUT2D eigenvalue weighted by molar-refractivity contribution is 7.99. The predicted molar refractivity (Wildman–Crippen MR) is 163 cm³/mol. The van der Waals surface area contributed by atoms with Gasteiger partial charge in [-0.15, -0.1) is 0 Å². The fourth-order valence-corrected chi connectivity index (χ4v) is 7.52. The topological polar surface area (TPSA) is 12.9 Å². The second kappa shape index (κ2) is 14.1. The summed E-state index contributed by atoms with van der Waals surface area (Å²) in [6, 6.07) is 11.2. The third-order valence-electron chi connectivity index (χ3n) is 9.89. The van der Waals surface area contributed by atoms with Gasteiger partial charge in [0.15, 0.2) is 0 Å². The molecule has 2 bridgehead atoms. The van der Waals surface area contributed by atoms with Crippen molar-refractivity contribution in [2.24, 2.45) is 10.8 Å². The van der Waals surface area contributed by atoms with E-state index in [0.717, 1.165) is 30.4 Å². The van der Waals surface area contributed by atoms with Crippen molar-refractivity contribution in [2.75, 3.05) is 5.75 Å². The van der Waals surface area contributed by atoms with E-state index in [9.17, 15) is 57.1 Å². The maximum Gasteiger partial charge on any atom is 0.460 e. The zero-order valence-electron chi connectivity index (χ0n) is 27.6. The van der Waals surface area contributed by atoms with E-state index >= 15 is 0 Å². The van der Waals surface area contributed by atoms with Crippen LogP contribution in [0.5, 0.6) is 0 Å². The zero-order chi connectivity index (χ0) is 37.5. The van der Waals surface area contributed by atoms with Crippen molar-refractivity contribution >= 4 is 11.8 Å². The van der Waals surface area contributed by atoms with Crippen LogP contribution < -0.4 is 0 Å².